The highest BCUT2D eigenvalue weighted by Crippen LogP contribution is 2.24. The van der Waals surface area contributed by atoms with Crippen LogP contribution < -0.4 is 11.1 Å². The third kappa shape index (κ3) is 5.42. The number of hydrogen-bond donors (Lipinski definition) is 2. The normalized spacial score (nSPS) is 10.6. The van der Waals surface area contributed by atoms with Gasteiger partial charge in [0.15, 0.2) is 0 Å². The number of anilines is 2. The summed E-state index contributed by atoms with van der Waals surface area (Å²) >= 11 is 1.95. The molecule has 1 aromatic carbocycles. The van der Waals surface area contributed by atoms with Crippen molar-refractivity contribution in [3.63, 3.8) is 0 Å². The van der Waals surface area contributed by atoms with Gasteiger partial charge in [-0.1, -0.05) is 39.0 Å². The van der Waals surface area contributed by atoms with Crippen molar-refractivity contribution < 1.29 is 4.39 Å². The van der Waals surface area contributed by atoms with E-state index in [1.807, 2.05) is 22.6 Å². The third-order valence-electron chi connectivity index (χ3n) is 2.94. The Morgan fingerprint density at radius 1 is 1.17 bits per heavy atom. The number of nitrogens with one attached hydrogen (secondary N) is 1. The predicted molar refractivity (Wildman–Crippen MR) is 85.4 cm³/mol. The van der Waals surface area contributed by atoms with Gasteiger partial charge in [-0.2, -0.15) is 0 Å². The van der Waals surface area contributed by atoms with E-state index in [0.717, 1.165) is 13.0 Å². The first kappa shape index (κ1) is 15.5. The minimum Gasteiger partial charge on any atom is -0.397 e. The molecule has 1 rings (SSSR count). The molecule has 0 aliphatic rings. The van der Waals surface area contributed by atoms with E-state index in [4.69, 9.17) is 5.73 Å². The summed E-state index contributed by atoms with van der Waals surface area (Å²) in [6.07, 6.45) is 7.53. The molecule has 0 fully saturated rings. The summed E-state index contributed by atoms with van der Waals surface area (Å²) in [5, 5.41) is 3.20. The number of rotatable bonds is 8. The largest absolute Gasteiger partial charge is 0.397 e. The number of benzene rings is 1. The molecule has 102 valence electrons. The first-order valence-corrected chi connectivity index (χ1v) is 7.71. The Bertz CT molecular complexity index is 369. The second-order valence-corrected chi connectivity index (χ2v) is 5.71. The molecule has 3 N–H and O–H groups in total. The van der Waals surface area contributed by atoms with Gasteiger partial charge in [0.1, 0.15) is 5.82 Å². The lowest BCUT2D eigenvalue weighted by Gasteiger charge is -2.10. The summed E-state index contributed by atoms with van der Waals surface area (Å²) in [5.41, 5.74) is 7.16. The van der Waals surface area contributed by atoms with E-state index in [0.29, 0.717) is 14.9 Å². The lowest BCUT2D eigenvalue weighted by molar-refractivity contribution is 0.615. The highest BCUT2D eigenvalue weighted by Gasteiger charge is 2.05. The fourth-order valence-corrected chi connectivity index (χ4v) is 2.33. The van der Waals surface area contributed by atoms with E-state index in [1.54, 1.807) is 6.07 Å². The van der Waals surface area contributed by atoms with Crippen molar-refractivity contribution in [1.82, 2.24) is 0 Å². The van der Waals surface area contributed by atoms with Crippen LogP contribution in [0.4, 0.5) is 15.8 Å². The zero-order valence-corrected chi connectivity index (χ0v) is 13.1. The fourth-order valence-electron chi connectivity index (χ4n) is 1.84. The molecule has 0 heterocycles. The molecule has 0 aliphatic heterocycles. The van der Waals surface area contributed by atoms with Crippen LogP contribution in [0.15, 0.2) is 12.1 Å². The average molecular weight is 364 g/mol. The van der Waals surface area contributed by atoms with E-state index < -0.39 is 0 Å². The molecular weight excluding hydrogens is 342 g/mol. The van der Waals surface area contributed by atoms with Crippen LogP contribution in [0.1, 0.15) is 45.4 Å². The van der Waals surface area contributed by atoms with Crippen molar-refractivity contribution >= 4 is 34.0 Å². The van der Waals surface area contributed by atoms with Crippen molar-refractivity contribution in [3.05, 3.63) is 21.5 Å². The van der Waals surface area contributed by atoms with Gasteiger partial charge in [0, 0.05) is 12.6 Å². The van der Waals surface area contributed by atoms with Gasteiger partial charge in [-0.05, 0) is 35.1 Å². The number of nitrogens with two attached hydrogens (primary N) is 1. The van der Waals surface area contributed by atoms with Crippen LogP contribution in [0.5, 0.6) is 0 Å². The van der Waals surface area contributed by atoms with E-state index in [9.17, 15) is 4.39 Å². The predicted octanol–water partition coefficient (Wildman–Crippen LogP) is 4.78. The van der Waals surface area contributed by atoms with Crippen molar-refractivity contribution in [3.8, 4) is 0 Å². The van der Waals surface area contributed by atoms with Gasteiger partial charge in [-0.3, -0.25) is 0 Å². The molecular formula is C14H22FIN2. The summed E-state index contributed by atoms with van der Waals surface area (Å²) in [7, 11) is 0. The van der Waals surface area contributed by atoms with Gasteiger partial charge in [-0.25, -0.2) is 4.39 Å². The monoisotopic (exact) mass is 364 g/mol. The highest BCUT2D eigenvalue weighted by atomic mass is 127. The van der Waals surface area contributed by atoms with Gasteiger partial charge >= 0.3 is 0 Å². The maximum atomic E-state index is 13.4. The molecule has 0 unspecified atom stereocenters. The van der Waals surface area contributed by atoms with Crippen molar-refractivity contribution in [2.75, 3.05) is 17.6 Å². The lowest BCUT2D eigenvalue weighted by Crippen LogP contribution is -2.05. The summed E-state index contributed by atoms with van der Waals surface area (Å²) in [4.78, 5) is 0. The van der Waals surface area contributed by atoms with E-state index in [2.05, 4.69) is 12.2 Å². The number of nitrogen functional groups attached to an aromatic ring is 1. The van der Waals surface area contributed by atoms with Crippen LogP contribution in [0, 0.1) is 9.39 Å². The van der Waals surface area contributed by atoms with Crippen molar-refractivity contribution in [1.29, 1.82) is 0 Å². The van der Waals surface area contributed by atoms with Crippen LogP contribution in [0.3, 0.4) is 0 Å². The molecule has 0 amide bonds. The average Bonchev–Trinajstić information content (AvgIpc) is 2.34. The Labute approximate surface area is 123 Å². The summed E-state index contributed by atoms with van der Waals surface area (Å²) in [6.45, 7) is 3.08. The standard InChI is InChI=1S/C14H22FIN2/c1-2-3-4-5-6-7-8-18-14-9-11(15)12(16)10-13(14)17/h9-10,18H,2-8,17H2,1H3. The van der Waals surface area contributed by atoms with Gasteiger partial charge in [0.2, 0.25) is 0 Å². The summed E-state index contributed by atoms with van der Waals surface area (Å²) < 4.78 is 13.9. The molecule has 4 heteroatoms. The van der Waals surface area contributed by atoms with Crippen LogP contribution in [-0.4, -0.2) is 6.54 Å². The molecule has 0 saturated carbocycles. The van der Waals surface area contributed by atoms with Gasteiger partial charge in [0.25, 0.3) is 0 Å². The van der Waals surface area contributed by atoms with Crippen molar-refractivity contribution in [2.45, 2.75) is 45.4 Å². The van der Waals surface area contributed by atoms with Gasteiger partial charge in [-0.15, -0.1) is 0 Å². The van der Waals surface area contributed by atoms with E-state index in [-0.39, 0.29) is 5.82 Å². The number of hydrogen-bond acceptors (Lipinski definition) is 2. The second-order valence-electron chi connectivity index (χ2n) is 4.55. The molecule has 0 radical (unpaired) electrons. The SMILES string of the molecule is CCCCCCCCNc1cc(F)c(I)cc1N. The molecule has 0 spiro atoms. The fraction of sp³-hybridized carbons (Fsp3) is 0.571. The molecule has 2 nitrogen and oxygen atoms in total. The Morgan fingerprint density at radius 2 is 1.83 bits per heavy atom. The number of unbranched alkanes of at least 4 members (excludes halogenated alkanes) is 5. The molecule has 0 atom stereocenters. The van der Waals surface area contributed by atoms with Gasteiger partial charge < -0.3 is 11.1 Å². The molecule has 0 saturated heterocycles. The molecule has 0 aliphatic carbocycles. The zero-order valence-electron chi connectivity index (χ0n) is 10.9. The minimum atomic E-state index is -0.213. The van der Waals surface area contributed by atoms with E-state index >= 15 is 0 Å². The topological polar surface area (TPSA) is 38.0 Å². The zero-order chi connectivity index (χ0) is 13.4. The van der Waals surface area contributed by atoms with Crippen LogP contribution in [0.25, 0.3) is 0 Å². The summed E-state index contributed by atoms with van der Waals surface area (Å²) in [5.74, 6) is -0.213. The highest BCUT2D eigenvalue weighted by molar-refractivity contribution is 14.1. The molecule has 0 aromatic heterocycles. The molecule has 0 bridgehead atoms. The Balaban J connectivity index is 2.25. The Kier molecular flexibility index (Phi) is 7.39. The second kappa shape index (κ2) is 8.56. The van der Waals surface area contributed by atoms with Crippen LogP contribution >= 0.6 is 22.6 Å². The van der Waals surface area contributed by atoms with E-state index in [1.165, 1.54) is 38.2 Å². The van der Waals surface area contributed by atoms with Crippen molar-refractivity contribution in [2.24, 2.45) is 0 Å². The van der Waals surface area contributed by atoms with Gasteiger partial charge in [0.05, 0.1) is 14.9 Å². The Morgan fingerprint density at radius 3 is 2.56 bits per heavy atom. The smallest absolute Gasteiger partial charge is 0.138 e. The maximum Gasteiger partial charge on any atom is 0.138 e. The summed E-state index contributed by atoms with van der Waals surface area (Å²) in [6, 6.07) is 3.15. The Hall–Kier alpha value is -0.520. The maximum absolute atomic E-state index is 13.4. The van der Waals surface area contributed by atoms with Crippen LogP contribution in [0.2, 0.25) is 0 Å². The van der Waals surface area contributed by atoms with Crippen LogP contribution in [-0.2, 0) is 0 Å². The quantitative estimate of drug-likeness (QED) is 0.396. The molecule has 1 aromatic rings. The lowest BCUT2D eigenvalue weighted by atomic mass is 10.1. The first-order valence-electron chi connectivity index (χ1n) is 6.63. The number of halogens is 2. The minimum absolute atomic E-state index is 0.213. The third-order valence-corrected chi connectivity index (χ3v) is 3.76. The first-order chi connectivity index (χ1) is 8.65. The molecule has 18 heavy (non-hydrogen) atoms.